The molecule has 0 aliphatic heterocycles. The smallest absolute Gasteiger partial charge is 0.272 e. The average Bonchev–Trinajstić information content (AvgIpc) is 2.59. The summed E-state index contributed by atoms with van der Waals surface area (Å²) in [4.78, 5) is 13.6. The van der Waals surface area contributed by atoms with Crippen LogP contribution in [0.4, 0.5) is 0 Å². The van der Waals surface area contributed by atoms with Crippen molar-refractivity contribution < 1.29 is 17.9 Å². The first kappa shape index (κ1) is 17.7. The number of nitriles is 1. The molecule has 9 heteroatoms. The molecule has 124 valence electrons. The summed E-state index contributed by atoms with van der Waals surface area (Å²) in [6.45, 7) is -0.457. The van der Waals surface area contributed by atoms with Crippen LogP contribution < -0.4 is 15.0 Å². The lowest BCUT2D eigenvalue weighted by atomic mass is 10.2. The van der Waals surface area contributed by atoms with Gasteiger partial charge in [0.05, 0.1) is 10.5 Å². The highest BCUT2D eigenvalue weighted by Crippen LogP contribution is 2.16. The lowest BCUT2D eigenvalue weighted by Gasteiger charge is -2.10. The Bertz CT molecular complexity index is 876. The summed E-state index contributed by atoms with van der Waals surface area (Å²) in [5, 5.41) is 9.30. The first-order chi connectivity index (χ1) is 11.4. The number of ether oxygens (including phenoxy) is 1. The number of nitrogens with one attached hydrogen (secondary N) is 2. The molecule has 0 radical (unpaired) electrons. The van der Waals surface area contributed by atoms with Crippen molar-refractivity contribution in [3.63, 3.8) is 0 Å². The number of amides is 1. The predicted octanol–water partition coefficient (Wildman–Crippen LogP) is 1.60. The van der Waals surface area contributed by atoms with Crippen molar-refractivity contribution in [3.05, 3.63) is 59.1 Å². The van der Waals surface area contributed by atoms with E-state index >= 15 is 0 Å². The topological polar surface area (TPSA) is 108 Å². The van der Waals surface area contributed by atoms with Crippen molar-refractivity contribution in [2.24, 2.45) is 0 Å². The molecule has 2 aromatic carbocycles. The van der Waals surface area contributed by atoms with Gasteiger partial charge in [0.15, 0.2) is 6.61 Å². The Morgan fingerprint density at radius 3 is 2.50 bits per heavy atom. The summed E-state index contributed by atoms with van der Waals surface area (Å²) in [6, 6.07) is 13.7. The molecule has 1 amide bonds. The Kier molecular flexibility index (Phi) is 5.76. The Labute approximate surface area is 143 Å². The Hall–Kier alpha value is -2.60. The van der Waals surface area contributed by atoms with Gasteiger partial charge in [-0.05, 0) is 36.4 Å². The van der Waals surface area contributed by atoms with Gasteiger partial charge < -0.3 is 4.74 Å². The molecule has 0 heterocycles. The van der Waals surface area contributed by atoms with E-state index in [2.05, 4.69) is 0 Å². The Balaban J connectivity index is 1.91. The van der Waals surface area contributed by atoms with Crippen molar-refractivity contribution in [1.82, 2.24) is 10.3 Å². The fourth-order valence-electron chi connectivity index (χ4n) is 1.66. The van der Waals surface area contributed by atoms with Crippen molar-refractivity contribution in [2.75, 3.05) is 6.61 Å². The van der Waals surface area contributed by atoms with E-state index in [4.69, 9.17) is 21.6 Å². The van der Waals surface area contributed by atoms with Gasteiger partial charge in [0, 0.05) is 5.02 Å². The summed E-state index contributed by atoms with van der Waals surface area (Å²) in [7, 11) is -3.92. The first-order valence-corrected chi connectivity index (χ1v) is 8.46. The number of hydrogen-bond donors (Lipinski definition) is 2. The summed E-state index contributed by atoms with van der Waals surface area (Å²) in [5.74, 6) is -0.490. The van der Waals surface area contributed by atoms with Gasteiger partial charge in [-0.25, -0.2) is 8.42 Å². The van der Waals surface area contributed by atoms with Crippen molar-refractivity contribution in [2.45, 2.75) is 4.90 Å². The lowest BCUT2D eigenvalue weighted by Crippen LogP contribution is -2.43. The van der Waals surface area contributed by atoms with Crippen LogP contribution in [0, 0.1) is 11.3 Å². The maximum Gasteiger partial charge on any atom is 0.272 e. The molecule has 0 saturated carbocycles. The maximum atomic E-state index is 12.0. The van der Waals surface area contributed by atoms with Gasteiger partial charge in [0.1, 0.15) is 11.8 Å². The largest absolute Gasteiger partial charge is 0.482 e. The fraction of sp³-hybridized carbons (Fsp3) is 0.0667. The number of para-hydroxylation sites is 1. The second-order valence-electron chi connectivity index (χ2n) is 4.50. The molecule has 7 nitrogen and oxygen atoms in total. The summed E-state index contributed by atoms with van der Waals surface area (Å²) in [5.41, 5.74) is 2.30. The third kappa shape index (κ3) is 4.70. The van der Waals surface area contributed by atoms with Crippen LogP contribution in [-0.2, 0) is 14.8 Å². The van der Waals surface area contributed by atoms with Crippen LogP contribution >= 0.6 is 11.6 Å². The van der Waals surface area contributed by atoms with E-state index in [1.54, 1.807) is 12.1 Å². The van der Waals surface area contributed by atoms with E-state index in [1.807, 2.05) is 16.3 Å². The van der Waals surface area contributed by atoms with Crippen molar-refractivity contribution in [1.29, 1.82) is 5.26 Å². The van der Waals surface area contributed by atoms with Crippen LogP contribution in [-0.4, -0.2) is 20.9 Å². The maximum absolute atomic E-state index is 12.0. The van der Waals surface area contributed by atoms with Crippen molar-refractivity contribution >= 4 is 27.5 Å². The molecule has 0 fully saturated rings. The minimum atomic E-state index is -3.92. The highest BCUT2D eigenvalue weighted by molar-refractivity contribution is 7.89. The highest BCUT2D eigenvalue weighted by atomic mass is 35.5. The van der Waals surface area contributed by atoms with E-state index < -0.39 is 22.5 Å². The van der Waals surface area contributed by atoms with Crippen molar-refractivity contribution in [3.8, 4) is 11.8 Å². The molecule has 0 aromatic heterocycles. The van der Waals surface area contributed by atoms with Gasteiger partial charge in [0.2, 0.25) is 0 Å². The number of nitrogens with zero attached hydrogens (tertiary/aromatic N) is 1. The molecule has 0 saturated heterocycles. The zero-order valence-electron chi connectivity index (χ0n) is 12.2. The number of hydrazine groups is 1. The molecule has 0 aliphatic carbocycles. The number of carbonyl (C=O) groups excluding carboxylic acids is 1. The molecule has 0 aliphatic rings. The molecule has 0 bridgehead atoms. The third-order valence-corrected chi connectivity index (χ3v) is 4.33. The van der Waals surface area contributed by atoms with Gasteiger partial charge in [-0.15, -0.1) is 4.83 Å². The zero-order chi connectivity index (χ0) is 17.6. The van der Waals surface area contributed by atoms with Crippen LogP contribution in [0.1, 0.15) is 5.56 Å². The first-order valence-electron chi connectivity index (χ1n) is 6.60. The molecule has 0 spiro atoms. The van der Waals surface area contributed by atoms with Gasteiger partial charge in [-0.3, -0.25) is 10.2 Å². The quantitative estimate of drug-likeness (QED) is 0.756. The van der Waals surface area contributed by atoms with Gasteiger partial charge >= 0.3 is 0 Å². The minimum absolute atomic E-state index is 0.0528. The number of halogens is 1. The standard InChI is InChI=1S/C15H12ClN3O4S/c16-12-5-7-13(8-6-12)24(21,22)19-18-15(20)10-23-14-4-2-1-3-11(14)9-17/h1-8,19H,10H2,(H,18,20). The molecular weight excluding hydrogens is 354 g/mol. The summed E-state index contributed by atoms with van der Waals surface area (Å²) >= 11 is 5.69. The molecule has 0 unspecified atom stereocenters. The Morgan fingerprint density at radius 1 is 1.17 bits per heavy atom. The number of rotatable bonds is 6. The van der Waals surface area contributed by atoms with E-state index in [9.17, 15) is 13.2 Å². The van der Waals surface area contributed by atoms with E-state index in [0.717, 1.165) is 0 Å². The molecule has 2 aromatic rings. The SMILES string of the molecule is N#Cc1ccccc1OCC(=O)NNS(=O)(=O)c1ccc(Cl)cc1. The molecule has 2 N–H and O–H groups in total. The summed E-state index contributed by atoms with van der Waals surface area (Å²) in [6.07, 6.45) is 0. The third-order valence-electron chi connectivity index (χ3n) is 2.82. The minimum Gasteiger partial charge on any atom is -0.482 e. The molecule has 24 heavy (non-hydrogen) atoms. The molecule has 2 rings (SSSR count). The normalized spacial score (nSPS) is 10.7. The average molecular weight is 366 g/mol. The monoisotopic (exact) mass is 365 g/mol. The van der Waals surface area contributed by atoms with Gasteiger partial charge in [-0.2, -0.15) is 5.26 Å². The number of carbonyl (C=O) groups is 1. The molecule has 0 atom stereocenters. The number of hydrogen-bond acceptors (Lipinski definition) is 5. The van der Waals surface area contributed by atoms with E-state index in [-0.39, 0.29) is 16.2 Å². The fourth-order valence-corrected chi connectivity index (χ4v) is 2.65. The second-order valence-corrected chi connectivity index (χ2v) is 6.62. The number of sulfonamides is 1. The van der Waals surface area contributed by atoms with Crippen LogP contribution in [0.3, 0.4) is 0 Å². The van der Waals surface area contributed by atoms with E-state index in [0.29, 0.717) is 5.02 Å². The lowest BCUT2D eigenvalue weighted by molar-refractivity contribution is -0.123. The van der Waals surface area contributed by atoms with Crippen LogP contribution in [0.5, 0.6) is 5.75 Å². The van der Waals surface area contributed by atoms with Crippen LogP contribution in [0.2, 0.25) is 5.02 Å². The van der Waals surface area contributed by atoms with E-state index in [1.165, 1.54) is 36.4 Å². The van der Waals surface area contributed by atoms with Gasteiger partial charge in [-0.1, -0.05) is 23.7 Å². The predicted molar refractivity (Wildman–Crippen MR) is 86.6 cm³/mol. The Morgan fingerprint density at radius 2 is 1.83 bits per heavy atom. The zero-order valence-corrected chi connectivity index (χ0v) is 13.8. The second kappa shape index (κ2) is 7.79. The highest BCUT2D eigenvalue weighted by Gasteiger charge is 2.15. The van der Waals surface area contributed by atoms with Gasteiger partial charge in [0.25, 0.3) is 15.9 Å². The number of benzene rings is 2. The molecular formula is C15H12ClN3O4S. The van der Waals surface area contributed by atoms with Crippen LogP contribution in [0.15, 0.2) is 53.4 Å². The summed E-state index contributed by atoms with van der Waals surface area (Å²) < 4.78 is 29.1. The van der Waals surface area contributed by atoms with Crippen LogP contribution in [0.25, 0.3) is 0 Å².